The number of halogens is 1. The largest absolute Gasteiger partial charge is 0.323 e. The van der Waals surface area contributed by atoms with Crippen LogP contribution in [0.1, 0.15) is 5.56 Å². The number of pyridine rings is 1. The molecule has 1 N–H and O–H groups in total. The van der Waals surface area contributed by atoms with Crippen molar-refractivity contribution in [2.24, 2.45) is 0 Å². The van der Waals surface area contributed by atoms with Gasteiger partial charge >= 0.3 is 0 Å². The van der Waals surface area contributed by atoms with Gasteiger partial charge in [0, 0.05) is 32.5 Å². The minimum atomic E-state index is -0.158. The van der Waals surface area contributed by atoms with Gasteiger partial charge in [-0.15, -0.1) is 0 Å². The summed E-state index contributed by atoms with van der Waals surface area (Å²) in [6.07, 6.45) is 5.07. The van der Waals surface area contributed by atoms with Gasteiger partial charge < -0.3 is 5.32 Å². The Balaban J connectivity index is 1.78. The van der Waals surface area contributed by atoms with Gasteiger partial charge in [-0.1, -0.05) is 24.3 Å². The summed E-state index contributed by atoms with van der Waals surface area (Å²) in [7, 11) is 0. The highest BCUT2D eigenvalue weighted by atomic mass is 127. The van der Waals surface area contributed by atoms with Gasteiger partial charge in [0.25, 0.3) is 0 Å². The van der Waals surface area contributed by atoms with Gasteiger partial charge in [0.05, 0.1) is 5.52 Å². The molecule has 0 atom stereocenters. The summed E-state index contributed by atoms with van der Waals surface area (Å²) in [5, 5.41) is 3.90. The van der Waals surface area contributed by atoms with E-state index in [0.29, 0.717) is 0 Å². The molecule has 3 rings (SSSR count). The molecule has 0 spiro atoms. The average molecular weight is 400 g/mol. The Hall–Kier alpha value is -2.21. The van der Waals surface area contributed by atoms with Crippen molar-refractivity contribution in [2.75, 3.05) is 5.32 Å². The standard InChI is InChI=1S/C18H13IN2O/c19-15-7-9-16(10-8-15)21-17(22)11-6-14-4-1-3-13-5-2-12-20-18(13)14/h1-12H,(H,21,22)/b11-6+. The van der Waals surface area contributed by atoms with E-state index < -0.39 is 0 Å². The summed E-state index contributed by atoms with van der Waals surface area (Å²) in [6, 6.07) is 17.5. The fraction of sp³-hybridized carbons (Fsp3) is 0. The van der Waals surface area contributed by atoms with Gasteiger partial charge in [-0.2, -0.15) is 0 Å². The third kappa shape index (κ3) is 3.51. The number of rotatable bonds is 3. The zero-order chi connectivity index (χ0) is 15.4. The van der Waals surface area contributed by atoms with Crippen LogP contribution >= 0.6 is 22.6 Å². The van der Waals surface area contributed by atoms with E-state index in [1.807, 2.05) is 54.6 Å². The molecule has 0 unspecified atom stereocenters. The molecule has 1 aromatic heterocycles. The van der Waals surface area contributed by atoms with Gasteiger partial charge in [0.15, 0.2) is 0 Å². The van der Waals surface area contributed by atoms with Crippen molar-refractivity contribution in [2.45, 2.75) is 0 Å². The summed E-state index contributed by atoms with van der Waals surface area (Å²) < 4.78 is 1.13. The lowest BCUT2D eigenvalue weighted by atomic mass is 10.1. The van der Waals surface area contributed by atoms with E-state index in [1.165, 1.54) is 6.08 Å². The molecule has 4 heteroatoms. The first kappa shape index (κ1) is 14.7. The smallest absolute Gasteiger partial charge is 0.248 e. The zero-order valence-corrected chi connectivity index (χ0v) is 13.8. The minimum Gasteiger partial charge on any atom is -0.323 e. The maximum absolute atomic E-state index is 12.0. The first-order valence-electron chi connectivity index (χ1n) is 6.81. The fourth-order valence-electron chi connectivity index (χ4n) is 2.14. The number of hydrogen-bond acceptors (Lipinski definition) is 2. The SMILES string of the molecule is O=C(/C=C/c1cccc2cccnc12)Nc1ccc(I)cc1. The number of carbonyl (C=O) groups excluding carboxylic acids is 1. The lowest BCUT2D eigenvalue weighted by molar-refractivity contribution is -0.111. The lowest BCUT2D eigenvalue weighted by Crippen LogP contribution is -2.07. The normalized spacial score (nSPS) is 11.0. The molecule has 3 aromatic rings. The molecule has 0 aliphatic heterocycles. The quantitative estimate of drug-likeness (QED) is 0.520. The van der Waals surface area contributed by atoms with Crippen molar-refractivity contribution in [3.05, 3.63) is 76.0 Å². The van der Waals surface area contributed by atoms with Gasteiger partial charge in [-0.05, 0) is 59.0 Å². The monoisotopic (exact) mass is 400 g/mol. The molecule has 0 aliphatic carbocycles. The molecule has 0 saturated carbocycles. The maximum atomic E-state index is 12.0. The third-order valence-corrected chi connectivity index (χ3v) is 3.91. The number of benzene rings is 2. The fourth-order valence-corrected chi connectivity index (χ4v) is 2.50. The summed E-state index contributed by atoms with van der Waals surface area (Å²) in [5.41, 5.74) is 2.60. The van der Waals surface area contributed by atoms with Crippen LogP contribution in [0.5, 0.6) is 0 Å². The summed E-state index contributed by atoms with van der Waals surface area (Å²) in [4.78, 5) is 16.4. The molecule has 1 amide bonds. The number of carbonyl (C=O) groups is 1. The molecule has 3 nitrogen and oxygen atoms in total. The molecule has 0 saturated heterocycles. The number of fused-ring (bicyclic) bond motifs is 1. The van der Waals surface area contributed by atoms with Crippen LogP contribution in [0.25, 0.3) is 17.0 Å². The number of aromatic nitrogens is 1. The van der Waals surface area contributed by atoms with E-state index in [1.54, 1.807) is 12.3 Å². The molecule has 0 radical (unpaired) electrons. The second kappa shape index (κ2) is 6.70. The third-order valence-electron chi connectivity index (χ3n) is 3.19. The van der Waals surface area contributed by atoms with Crippen molar-refractivity contribution in [3.8, 4) is 0 Å². The highest BCUT2D eigenvalue weighted by Crippen LogP contribution is 2.17. The van der Waals surface area contributed by atoms with Crippen molar-refractivity contribution in [1.82, 2.24) is 4.98 Å². The molecule has 108 valence electrons. The number of amides is 1. The van der Waals surface area contributed by atoms with Crippen molar-refractivity contribution >= 4 is 51.2 Å². The first-order chi connectivity index (χ1) is 10.7. The number of nitrogens with one attached hydrogen (secondary N) is 1. The van der Waals surface area contributed by atoms with Crippen molar-refractivity contribution < 1.29 is 4.79 Å². The maximum Gasteiger partial charge on any atom is 0.248 e. The zero-order valence-electron chi connectivity index (χ0n) is 11.7. The Kier molecular flexibility index (Phi) is 4.48. The van der Waals surface area contributed by atoms with Gasteiger partial charge in [0.1, 0.15) is 0 Å². The average Bonchev–Trinajstić information content (AvgIpc) is 2.55. The van der Waals surface area contributed by atoms with Crippen LogP contribution in [0.15, 0.2) is 66.9 Å². The number of hydrogen-bond donors (Lipinski definition) is 1. The van der Waals surface area contributed by atoms with Gasteiger partial charge in [-0.3, -0.25) is 9.78 Å². The number of nitrogens with zero attached hydrogens (tertiary/aromatic N) is 1. The molecular weight excluding hydrogens is 387 g/mol. The van der Waals surface area contributed by atoms with Crippen LogP contribution in [0, 0.1) is 3.57 Å². The van der Waals surface area contributed by atoms with Crippen LogP contribution in [0.2, 0.25) is 0 Å². The van der Waals surface area contributed by atoms with Crippen LogP contribution in [-0.4, -0.2) is 10.9 Å². The second-order valence-corrected chi connectivity index (χ2v) is 6.00. The summed E-state index contributed by atoms with van der Waals surface area (Å²) in [5.74, 6) is -0.158. The predicted molar refractivity (Wildman–Crippen MR) is 98.6 cm³/mol. The molecule has 0 aliphatic rings. The Labute approximate surface area is 142 Å². The van der Waals surface area contributed by atoms with Crippen LogP contribution in [0.3, 0.4) is 0 Å². The molecule has 2 aromatic carbocycles. The van der Waals surface area contributed by atoms with Crippen molar-refractivity contribution in [3.63, 3.8) is 0 Å². The molecule has 0 fully saturated rings. The van der Waals surface area contributed by atoms with Crippen molar-refractivity contribution in [1.29, 1.82) is 0 Å². The summed E-state index contributed by atoms with van der Waals surface area (Å²) >= 11 is 2.23. The predicted octanol–water partition coefficient (Wildman–Crippen LogP) is 4.49. The van der Waals surface area contributed by atoms with Gasteiger partial charge in [-0.25, -0.2) is 0 Å². The number of anilines is 1. The molecule has 0 bridgehead atoms. The van der Waals surface area contributed by atoms with Crippen LogP contribution in [-0.2, 0) is 4.79 Å². The highest BCUT2D eigenvalue weighted by Gasteiger charge is 2.00. The Morgan fingerprint density at radius 1 is 1.05 bits per heavy atom. The Bertz CT molecular complexity index is 836. The topological polar surface area (TPSA) is 42.0 Å². The molecular formula is C18H13IN2O. The number of para-hydroxylation sites is 1. The molecule has 1 heterocycles. The first-order valence-corrected chi connectivity index (χ1v) is 7.89. The Morgan fingerprint density at radius 3 is 2.64 bits per heavy atom. The van der Waals surface area contributed by atoms with E-state index >= 15 is 0 Å². The van der Waals surface area contributed by atoms with Gasteiger partial charge in [0.2, 0.25) is 5.91 Å². The highest BCUT2D eigenvalue weighted by molar-refractivity contribution is 14.1. The van der Waals surface area contributed by atoms with Crippen LogP contribution < -0.4 is 5.32 Å². The Morgan fingerprint density at radius 2 is 1.82 bits per heavy atom. The molecule has 22 heavy (non-hydrogen) atoms. The summed E-state index contributed by atoms with van der Waals surface area (Å²) in [6.45, 7) is 0. The van der Waals surface area contributed by atoms with E-state index in [2.05, 4.69) is 32.9 Å². The van der Waals surface area contributed by atoms with E-state index in [-0.39, 0.29) is 5.91 Å². The second-order valence-electron chi connectivity index (χ2n) is 4.75. The van der Waals surface area contributed by atoms with E-state index in [4.69, 9.17) is 0 Å². The van der Waals surface area contributed by atoms with Crippen LogP contribution in [0.4, 0.5) is 5.69 Å². The lowest BCUT2D eigenvalue weighted by Gasteiger charge is -2.03. The van der Waals surface area contributed by atoms with E-state index in [9.17, 15) is 4.79 Å². The minimum absolute atomic E-state index is 0.158. The van der Waals surface area contributed by atoms with E-state index in [0.717, 1.165) is 25.7 Å².